The number of aromatic nitrogens is 1. The van der Waals surface area contributed by atoms with Crippen molar-refractivity contribution in [2.24, 2.45) is 0 Å². The van der Waals surface area contributed by atoms with Crippen molar-refractivity contribution >= 4 is 11.6 Å². The van der Waals surface area contributed by atoms with E-state index in [0.717, 1.165) is 16.3 Å². The van der Waals surface area contributed by atoms with Crippen LogP contribution in [-0.2, 0) is 5.41 Å². The van der Waals surface area contributed by atoms with Gasteiger partial charge in [0.15, 0.2) is 0 Å². The minimum absolute atomic E-state index is 0.0978. The maximum Gasteiger partial charge on any atom is 0.0719 e. The van der Waals surface area contributed by atoms with Gasteiger partial charge in [0.1, 0.15) is 0 Å². The zero-order chi connectivity index (χ0) is 12.5. The number of benzene rings is 1. The molecule has 0 saturated carbocycles. The Morgan fingerprint density at radius 3 is 2.41 bits per heavy atom. The van der Waals surface area contributed by atoms with Crippen molar-refractivity contribution < 1.29 is 0 Å². The van der Waals surface area contributed by atoms with E-state index < -0.39 is 0 Å². The predicted octanol–water partition coefficient (Wildman–Crippen LogP) is 4.70. The van der Waals surface area contributed by atoms with Crippen LogP contribution in [0.4, 0.5) is 0 Å². The van der Waals surface area contributed by atoms with Gasteiger partial charge in [-0.05, 0) is 23.1 Å². The fourth-order valence-corrected chi connectivity index (χ4v) is 2.07. The first-order valence-corrected chi connectivity index (χ1v) is 6.08. The van der Waals surface area contributed by atoms with Gasteiger partial charge in [0.25, 0.3) is 0 Å². The van der Waals surface area contributed by atoms with Crippen LogP contribution in [0, 0.1) is 0 Å². The minimum Gasteiger partial charge on any atom is -0.256 e. The van der Waals surface area contributed by atoms with Crippen LogP contribution in [0.25, 0.3) is 11.3 Å². The lowest BCUT2D eigenvalue weighted by Crippen LogP contribution is -2.12. The minimum atomic E-state index is 0.0978. The van der Waals surface area contributed by atoms with Gasteiger partial charge in [-0.15, -0.1) is 0 Å². The number of hydrogen-bond donors (Lipinski definition) is 0. The molecule has 0 saturated heterocycles. The molecule has 17 heavy (non-hydrogen) atoms. The van der Waals surface area contributed by atoms with Gasteiger partial charge >= 0.3 is 0 Å². The Kier molecular flexibility index (Phi) is 3.21. The molecule has 1 aromatic carbocycles. The summed E-state index contributed by atoms with van der Waals surface area (Å²) in [5.74, 6) is 0. The summed E-state index contributed by atoms with van der Waals surface area (Å²) in [5.41, 5.74) is 3.47. The van der Waals surface area contributed by atoms with Crippen LogP contribution in [-0.4, -0.2) is 4.98 Å². The highest BCUT2D eigenvalue weighted by molar-refractivity contribution is 6.30. The van der Waals surface area contributed by atoms with Gasteiger partial charge in [-0.2, -0.15) is 0 Å². The Hall–Kier alpha value is -1.34. The lowest BCUT2D eigenvalue weighted by atomic mass is 9.83. The molecule has 1 aromatic heterocycles. The maximum absolute atomic E-state index is 6.02. The van der Waals surface area contributed by atoms with Crippen molar-refractivity contribution in [1.82, 2.24) is 4.98 Å². The fraction of sp³-hybridized carbons (Fsp3) is 0.267. The molecule has 0 fully saturated rings. The van der Waals surface area contributed by atoms with Gasteiger partial charge in [-0.1, -0.05) is 56.6 Å². The van der Waals surface area contributed by atoms with E-state index in [4.69, 9.17) is 11.6 Å². The highest BCUT2D eigenvalue weighted by Gasteiger charge is 2.18. The van der Waals surface area contributed by atoms with E-state index >= 15 is 0 Å². The average Bonchev–Trinajstić information content (AvgIpc) is 2.28. The average molecular weight is 246 g/mol. The van der Waals surface area contributed by atoms with E-state index in [1.807, 2.05) is 12.1 Å². The number of pyridine rings is 1. The lowest BCUT2D eigenvalue weighted by Gasteiger charge is -2.22. The zero-order valence-corrected chi connectivity index (χ0v) is 11.1. The first-order valence-electron chi connectivity index (χ1n) is 5.70. The summed E-state index contributed by atoms with van der Waals surface area (Å²) in [7, 11) is 0. The van der Waals surface area contributed by atoms with Gasteiger partial charge in [-0.25, -0.2) is 0 Å². The van der Waals surface area contributed by atoms with E-state index in [9.17, 15) is 0 Å². The molecule has 1 nitrogen and oxygen atoms in total. The van der Waals surface area contributed by atoms with E-state index in [1.54, 1.807) is 12.3 Å². The first kappa shape index (κ1) is 12.1. The molecule has 0 aliphatic heterocycles. The topological polar surface area (TPSA) is 12.9 Å². The monoisotopic (exact) mass is 245 g/mol. The molecule has 1 heterocycles. The second-order valence-electron chi connectivity index (χ2n) is 5.15. The van der Waals surface area contributed by atoms with Crippen molar-refractivity contribution in [1.29, 1.82) is 0 Å². The normalized spacial score (nSPS) is 11.5. The third kappa shape index (κ3) is 2.67. The van der Waals surface area contributed by atoms with Gasteiger partial charge < -0.3 is 0 Å². The molecule has 0 amide bonds. The number of nitrogens with zero attached hydrogens (tertiary/aromatic N) is 1. The molecule has 0 aliphatic rings. The Bertz CT molecular complexity index is 526. The van der Waals surface area contributed by atoms with Gasteiger partial charge in [-0.3, -0.25) is 4.98 Å². The van der Waals surface area contributed by atoms with Crippen LogP contribution in [0.1, 0.15) is 26.3 Å². The quantitative estimate of drug-likeness (QED) is 0.710. The lowest BCUT2D eigenvalue weighted by molar-refractivity contribution is 0.592. The largest absolute Gasteiger partial charge is 0.256 e. The molecule has 0 bridgehead atoms. The molecule has 2 rings (SSSR count). The maximum atomic E-state index is 6.02. The molecule has 0 N–H and O–H groups in total. The molecule has 88 valence electrons. The van der Waals surface area contributed by atoms with E-state index in [2.05, 4.69) is 44.0 Å². The molecule has 2 aromatic rings. The van der Waals surface area contributed by atoms with Crippen molar-refractivity contribution in [3.8, 4) is 11.3 Å². The second kappa shape index (κ2) is 4.50. The summed E-state index contributed by atoms with van der Waals surface area (Å²) in [6.07, 6.45) is 1.75. The molecular weight excluding hydrogens is 230 g/mol. The molecule has 2 heteroatoms. The van der Waals surface area contributed by atoms with E-state index in [-0.39, 0.29) is 5.41 Å². The Balaban J connectivity index is 2.60. The summed E-state index contributed by atoms with van der Waals surface area (Å²) >= 11 is 6.02. The van der Waals surface area contributed by atoms with Crippen molar-refractivity contribution in [2.45, 2.75) is 26.2 Å². The third-order valence-electron chi connectivity index (χ3n) is 2.73. The summed E-state index contributed by atoms with van der Waals surface area (Å²) in [4.78, 5) is 4.40. The summed E-state index contributed by atoms with van der Waals surface area (Å²) in [5, 5.41) is 0.721. The van der Waals surface area contributed by atoms with Crippen molar-refractivity contribution in [2.75, 3.05) is 0 Å². The smallest absolute Gasteiger partial charge is 0.0719 e. The van der Waals surface area contributed by atoms with Crippen LogP contribution >= 0.6 is 11.6 Å². The highest BCUT2D eigenvalue weighted by atomic mass is 35.5. The summed E-state index contributed by atoms with van der Waals surface area (Å²) in [6, 6.07) is 12.1. The highest BCUT2D eigenvalue weighted by Crippen LogP contribution is 2.32. The van der Waals surface area contributed by atoms with Crippen LogP contribution in [0.5, 0.6) is 0 Å². The Morgan fingerprint density at radius 1 is 1.06 bits per heavy atom. The van der Waals surface area contributed by atoms with Crippen LogP contribution < -0.4 is 0 Å². The molecule has 0 spiro atoms. The first-order chi connectivity index (χ1) is 7.98. The second-order valence-corrected chi connectivity index (χ2v) is 5.59. The fourth-order valence-electron chi connectivity index (χ4n) is 1.91. The van der Waals surface area contributed by atoms with Crippen molar-refractivity contribution in [3.63, 3.8) is 0 Å². The van der Waals surface area contributed by atoms with Crippen LogP contribution in [0.15, 0.2) is 42.6 Å². The Morgan fingerprint density at radius 2 is 1.76 bits per heavy atom. The van der Waals surface area contributed by atoms with E-state index in [0.29, 0.717) is 0 Å². The molecular formula is C15H16ClN. The molecule has 0 aliphatic carbocycles. The summed E-state index contributed by atoms with van der Waals surface area (Å²) in [6.45, 7) is 6.61. The molecule has 0 radical (unpaired) electrons. The van der Waals surface area contributed by atoms with Gasteiger partial charge in [0.05, 0.1) is 5.69 Å². The zero-order valence-electron chi connectivity index (χ0n) is 10.4. The molecule has 0 atom stereocenters. The van der Waals surface area contributed by atoms with Gasteiger partial charge in [0, 0.05) is 16.8 Å². The number of halogens is 1. The molecule has 0 unspecified atom stereocenters. The Labute approximate surface area is 107 Å². The SMILES string of the molecule is CC(C)(C)c1ccccc1-c1cc(Cl)ccn1. The third-order valence-corrected chi connectivity index (χ3v) is 2.97. The van der Waals surface area contributed by atoms with Crippen molar-refractivity contribution in [3.05, 3.63) is 53.2 Å². The number of hydrogen-bond acceptors (Lipinski definition) is 1. The standard InChI is InChI=1S/C15H16ClN/c1-15(2,3)13-7-5-4-6-12(13)14-10-11(16)8-9-17-14/h4-10H,1-3H3. The summed E-state index contributed by atoms with van der Waals surface area (Å²) < 4.78 is 0. The van der Waals surface area contributed by atoms with Crippen LogP contribution in [0.3, 0.4) is 0 Å². The van der Waals surface area contributed by atoms with E-state index in [1.165, 1.54) is 5.56 Å². The predicted molar refractivity (Wildman–Crippen MR) is 73.4 cm³/mol. The number of rotatable bonds is 1. The van der Waals surface area contributed by atoms with Crippen LogP contribution in [0.2, 0.25) is 5.02 Å². The van der Waals surface area contributed by atoms with Gasteiger partial charge in [0.2, 0.25) is 0 Å².